The molecule has 16 heavy (non-hydrogen) atoms. The maximum Gasteiger partial charge on any atom is 0.0794 e. The number of thiazole rings is 1. The van der Waals surface area contributed by atoms with Crippen LogP contribution >= 0.6 is 11.3 Å². The summed E-state index contributed by atoms with van der Waals surface area (Å²) in [7, 11) is 0. The molecule has 1 aromatic heterocycles. The number of nitrogens with one attached hydrogen (secondary N) is 1. The van der Waals surface area contributed by atoms with Gasteiger partial charge in [0.05, 0.1) is 5.51 Å². The predicted octanol–water partition coefficient (Wildman–Crippen LogP) is 1.61. The standard InChI is InChI=1S/C12H19N3S/c13-12-9-2-1-8(3-9)11(12)6-14-4-10-5-15-7-16-10/h5,7-9,11-12,14H,1-4,6,13H2. The van der Waals surface area contributed by atoms with E-state index in [1.807, 2.05) is 11.7 Å². The number of rotatable bonds is 4. The van der Waals surface area contributed by atoms with E-state index in [4.69, 9.17) is 5.73 Å². The van der Waals surface area contributed by atoms with Gasteiger partial charge in [0.2, 0.25) is 0 Å². The number of hydrogen-bond donors (Lipinski definition) is 2. The van der Waals surface area contributed by atoms with Crippen LogP contribution in [0.5, 0.6) is 0 Å². The van der Waals surface area contributed by atoms with Crippen LogP contribution in [0.1, 0.15) is 24.1 Å². The van der Waals surface area contributed by atoms with Gasteiger partial charge in [0.15, 0.2) is 0 Å². The van der Waals surface area contributed by atoms with Gasteiger partial charge in [-0.15, -0.1) is 11.3 Å². The van der Waals surface area contributed by atoms with Crippen molar-refractivity contribution in [3.05, 3.63) is 16.6 Å². The predicted molar refractivity (Wildman–Crippen MR) is 66.1 cm³/mol. The molecule has 0 aromatic carbocycles. The number of nitrogens with two attached hydrogens (primary N) is 1. The second-order valence-corrected chi connectivity index (χ2v) is 6.14. The average molecular weight is 237 g/mol. The minimum absolute atomic E-state index is 0.452. The van der Waals surface area contributed by atoms with Crippen LogP contribution in [-0.2, 0) is 6.54 Å². The molecule has 0 spiro atoms. The molecule has 2 aliphatic carbocycles. The number of nitrogens with zero attached hydrogens (tertiary/aromatic N) is 1. The molecule has 1 heterocycles. The first-order chi connectivity index (χ1) is 7.84. The Kier molecular flexibility index (Phi) is 2.96. The van der Waals surface area contributed by atoms with Gasteiger partial charge in [0.25, 0.3) is 0 Å². The maximum absolute atomic E-state index is 6.27. The van der Waals surface area contributed by atoms with Crippen molar-refractivity contribution in [2.45, 2.75) is 31.8 Å². The molecule has 2 fully saturated rings. The van der Waals surface area contributed by atoms with Crippen LogP contribution in [0.25, 0.3) is 0 Å². The van der Waals surface area contributed by atoms with Gasteiger partial charge in [-0.1, -0.05) is 0 Å². The molecule has 3 rings (SSSR count). The van der Waals surface area contributed by atoms with E-state index in [1.165, 1.54) is 24.1 Å². The van der Waals surface area contributed by atoms with Crippen molar-refractivity contribution in [2.75, 3.05) is 6.54 Å². The van der Waals surface area contributed by atoms with Crippen molar-refractivity contribution in [1.82, 2.24) is 10.3 Å². The van der Waals surface area contributed by atoms with Gasteiger partial charge in [-0.25, -0.2) is 0 Å². The van der Waals surface area contributed by atoms with Crippen molar-refractivity contribution in [3.63, 3.8) is 0 Å². The fourth-order valence-corrected chi connectivity index (χ4v) is 4.01. The topological polar surface area (TPSA) is 50.9 Å². The van der Waals surface area contributed by atoms with Crippen LogP contribution in [0.4, 0.5) is 0 Å². The Morgan fingerprint density at radius 3 is 3.00 bits per heavy atom. The molecule has 1 aromatic rings. The Balaban J connectivity index is 1.49. The summed E-state index contributed by atoms with van der Waals surface area (Å²) in [5, 5.41) is 3.54. The van der Waals surface area contributed by atoms with Gasteiger partial charge in [-0.05, 0) is 37.0 Å². The molecule has 0 radical (unpaired) electrons. The third kappa shape index (κ3) is 1.90. The molecular weight excluding hydrogens is 218 g/mol. The minimum atomic E-state index is 0.452. The molecule has 0 saturated heterocycles. The van der Waals surface area contributed by atoms with E-state index in [2.05, 4.69) is 10.3 Å². The quantitative estimate of drug-likeness (QED) is 0.836. The van der Waals surface area contributed by atoms with E-state index in [0.29, 0.717) is 12.0 Å². The fraction of sp³-hybridized carbons (Fsp3) is 0.750. The van der Waals surface area contributed by atoms with E-state index in [-0.39, 0.29) is 0 Å². The van der Waals surface area contributed by atoms with E-state index >= 15 is 0 Å². The molecule has 88 valence electrons. The first-order valence-corrected chi connectivity index (χ1v) is 7.06. The third-order valence-electron chi connectivity index (χ3n) is 4.32. The number of aromatic nitrogens is 1. The number of hydrogen-bond acceptors (Lipinski definition) is 4. The van der Waals surface area contributed by atoms with Gasteiger partial charge in [-0.3, -0.25) is 4.98 Å². The summed E-state index contributed by atoms with van der Waals surface area (Å²) < 4.78 is 0. The van der Waals surface area contributed by atoms with Gasteiger partial charge in [0.1, 0.15) is 0 Å². The van der Waals surface area contributed by atoms with Crippen LogP contribution in [0.3, 0.4) is 0 Å². The van der Waals surface area contributed by atoms with Crippen LogP contribution in [-0.4, -0.2) is 17.6 Å². The highest BCUT2D eigenvalue weighted by atomic mass is 32.1. The summed E-state index contributed by atoms with van der Waals surface area (Å²) in [5.74, 6) is 2.43. The lowest BCUT2D eigenvalue weighted by molar-refractivity contribution is 0.278. The number of fused-ring (bicyclic) bond motifs is 2. The molecule has 4 atom stereocenters. The normalized spacial score (nSPS) is 37.1. The van der Waals surface area contributed by atoms with Crippen LogP contribution in [0.2, 0.25) is 0 Å². The summed E-state index contributed by atoms with van der Waals surface area (Å²) in [5.41, 5.74) is 8.16. The van der Waals surface area contributed by atoms with Gasteiger partial charge >= 0.3 is 0 Å². The Labute approximate surface area is 100 Å². The van der Waals surface area contributed by atoms with E-state index in [0.717, 1.165) is 24.9 Å². The fourth-order valence-electron chi connectivity index (χ4n) is 3.45. The zero-order valence-corrected chi connectivity index (χ0v) is 10.2. The Bertz CT molecular complexity index is 336. The van der Waals surface area contributed by atoms with Crippen molar-refractivity contribution in [1.29, 1.82) is 0 Å². The van der Waals surface area contributed by atoms with E-state index < -0.39 is 0 Å². The molecule has 3 N–H and O–H groups in total. The molecule has 3 nitrogen and oxygen atoms in total. The first-order valence-electron chi connectivity index (χ1n) is 6.18. The lowest BCUT2D eigenvalue weighted by Crippen LogP contribution is -2.41. The largest absolute Gasteiger partial charge is 0.327 e. The lowest BCUT2D eigenvalue weighted by Gasteiger charge is -2.28. The van der Waals surface area contributed by atoms with Gasteiger partial charge in [0, 0.05) is 30.2 Å². The molecule has 2 bridgehead atoms. The van der Waals surface area contributed by atoms with Gasteiger partial charge in [-0.2, -0.15) is 0 Å². The van der Waals surface area contributed by atoms with Crippen molar-refractivity contribution < 1.29 is 0 Å². The third-order valence-corrected chi connectivity index (χ3v) is 5.10. The summed E-state index contributed by atoms with van der Waals surface area (Å²) >= 11 is 1.72. The van der Waals surface area contributed by atoms with E-state index in [1.54, 1.807) is 11.3 Å². The minimum Gasteiger partial charge on any atom is -0.327 e. The van der Waals surface area contributed by atoms with Crippen LogP contribution < -0.4 is 11.1 Å². The highest BCUT2D eigenvalue weighted by molar-refractivity contribution is 7.09. The Morgan fingerprint density at radius 2 is 2.31 bits per heavy atom. The van der Waals surface area contributed by atoms with Crippen LogP contribution in [0.15, 0.2) is 11.7 Å². The first kappa shape index (κ1) is 10.7. The second kappa shape index (κ2) is 4.43. The molecule has 0 aliphatic heterocycles. The molecule has 2 aliphatic rings. The molecule has 2 saturated carbocycles. The summed E-state index contributed by atoms with van der Waals surface area (Å²) in [6.45, 7) is 2.03. The van der Waals surface area contributed by atoms with Crippen molar-refractivity contribution in [2.24, 2.45) is 23.5 Å². The Hall–Kier alpha value is -0.450. The molecule has 0 amide bonds. The molecule has 4 heteroatoms. The van der Waals surface area contributed by atoms with Crippen molar-refractivity contribution >= 4 is 11.3 Å². The molecule has 4 unspecified atom stereocenters. The smallest absolute Gasteiger partial charge is 0.0794 e. The Morgan fingerprint density at radius 1 is 1.44 bits per heavy atom. The van der Waals surface area contributed by atoms with E-state index in [9.17, 15) is 0 Å². The highest BCUT2D eigenvalue weighted by Crippen LogP contribution is 2.47. The summed E-state index contributed by atoms with van der Waals surface area (Å²) in [4.78, 5) is 5.40. The second-order valence-electron chi connectivity index (χ2n) is 5.17. The monoisotopic (exact) mass is 237 g/mol. The maximum atomic E-state index is 6.27. The van der Waals surface area contributed by atoms with Crippen molar-refractivity contribution in [3.8, 4) is 0 Å². The molecular formula is C12H19N3S. The van der Waals surface area contributed by atoms with Crippen LogP contribution in [0, 0.1) is 17.8 Å². The lowest BCUT2D eigenvalue weighted by atomic mass is 9.85. The highest BCUT2D eigenvalue weighted by Gasteiger charge is 2.45. The zero-order valence-electron chi connectivity index (χ0n) is 9.43. The summed E-state index contributed by atoms with van der Waals surface area (Å²) in [6.07, 6.45) is 6.11. The average Bonchev–Trinajstić information content (AvgIpc) is 2.97. The van der Waals surface area contributed by atoms with Gasteiger partial charge < -0.3 is 11.1 Å². The SMILES string of the molecule is NC1C2CCC(C2)C1CNCc1cncs1. The summed E-state index contributed by atoms with van der Waals surface area (Å²) in [6, 6.07) is 0.452. The zero-order chi connectivity index (χ0) is 11.0.